The first-order valence-electron chi connectivity index (χ1n) is 7.37. The van der Waals surface area contributed by atoms with Gasteiger partial charge in [-0.15, -0.1) is 0 Å². The number of hydrogen-bond acceptors (Lipinski definition) is 2. The summed E-state index contributed by atoms with van der Waals surface area (Å²) in [5.41, 5.74) is 6.68. The molecule has 1 rings (SSSR count). The van der Waals surface area contributed by atoms with Crippen molar-refractivity contribution in [1.29, 1.82) is 0 Å². The number of carbonyl (C=O) groups is 1. The molecule has 3 nitrogen and oxygen atoms in total. The zero-order valence-electron chi connectivity index (χ0n) is 12.4. The van der Waals surface area contributed by atoms with Crippen molar-refractivity contribution in [3.8, 4) is 0 Å². The topological polar surface area (TPSA) is 55.1 Å². The van der Waals surface area contributed by atoms with Gasteiger partial charge in [-0.05, 0) is 36.6 Å². The summed E-state index contributed by atoms with van der Waals surface area (Å²) in [6.07, 6.45) is 5.00. The van der Waals surface area contributed by atoms with Crippen LogP contribution in [0.15, 0.2) is 18.2 Å². The number of unbranched alkanes of at least 4 members (excludes halogenated alkanes) is 1. The molecule has 1 unspecified atom stereocenters. The lowest BCUT2D eigenvalue weighted by Crippen LogP contribution is -2.22. The molecule has 0 bridgehead atoms. The lowest BCUT2D eigenvalue weighted by atomic mass is 9.99. The van der Waals surface area contributed by atoms with Crippen molar-refractivity contribution >= 4 is 17.5 Å². The number of nitrogens with one attached hydrogen (secondary N) is 1. The monoisotopic (exact) mass is 296 g/mol. The number of halogens is 1. The molecule has 1 aromatic rings. The minimum Gasteiger partial charge on any atom is -0.366 e. The lowest BCUT2D eigenvalue weighted by molar-refractivity contribution is 0.100. The van der Waals surface area contributed by atoms with Gasteiger partial charge in [0.15, 0.2) is 0 Å². The Morgan fingerprint density at radius 3 is 2.70 bits per heavy atom. The smallest absolute Gasteiger partial charge is 0.248 e. The van der Waals surface area contributed by atoms with Crippen LogP contribution in [0.2, 0.25) is 5.02 Å². The van der Waals surface area contributed by atoms with Crippen molar-refractivity contribution in [2.75, 3.05) is 6.54 Å². The summed E-state index contributed by atoms with van der Waals surface area (Å²) in [5.74, 6) is 0.274. The second-order valence-corrected chi connectivity index (χ2v) is 5.63. The first kappa shape index (κ1) is 17.0. The molecule has 4 heteroatoms. The quantitative estimate of drug-likeness (QED) is 0.729. The van der Waals surface area contributed by atoms with Gasteiger partial charge in [0.2, 0.25) is 5.91 Å². The number of benzene rings is 1. The SMILES string of the molecule is CCCCC(CC)CNCc1ccc(C(N)=O)cc1Cl. The molecule has 3 N–H and O–H groups in total. The van der Waals surface area contributed by atoms with Gasteiger partial charge in [0, 0.05) is 17.1 Å². The van der Waals surface area contributed by atoms with E-state index in [1.54, 1.807) is 12.1 Å². The lowest BCUT2D eigenvalue weighted by Gasteiger charge is -2.15. The molecule has 0 spiro atoms. The summed E-state index contributed by atoms with van der Waals surface area (Å²) >= 11 is 6.16. The number of hydrogen-bond donors (Lipinski definition) is 2. The third kappa shape index (κ3) is 5.51. The normalized spacial score (nSPS) is 12.3. The third-order valence-electron chi connectivity index (χ3n) is 3.63. The highest BCUT2D eigenvalue weighted by Gasteiger charge is 2.08. The number of carbonyl (C=O) groups excluding carboxylic acids is 1. The highest BCUT2D eigenvalue weighted by molar-refractivity contribution is 6.31. The average molecular weight is 297 g/mol. The fourth-order valence-electron chi connectivity index (χ4n) is 2.20. The Labute approximate surface area is 126 Å². The minimum absolute atomic E-state index is 0.447. The number of amides is 1. The summed E-state index contributed by atoms with van der Waals surface area (Å²) in [7, 11) is 0. The van der Waals surface area contributed by atoms with E-state index in [2.05, 4.69) is 19.2 Å². The number of nitrogens with two attached hydrogens (primary N) is 1. The second kappa shape index (κ2) is 8.98. The van der Waals surface area contributed by atoms with Crippen molar-refractivity contribution in [2.24, 2.45) is 11.7 Å². The van der Waals surface area contributed by atoms with Gasteiger partial charge in [-0.3, -0.25) is 4.79 Å². The molecule has 0 aliphatic rings. The predicted molar refractivity (Wildman–Crippen MR) is 85.0 cm³/mol. The van der Waals surface area contributed by atoms with Crippen molar-refractivity contribution < 1.29 is 4.79 Å². The Hall–Kier alpha value is -1.06. The van der Waals surface area contributed by atoms with Crippen molar-refractivity contribution in [3.05, 3.63) is 34.3 Å². The summed E-state index contributed by atoms with van der Waals surface area (Å²) < 4.78 is 0. The molecule has 1 atom stereocenters. The largest absolute Gasteiger partial charge is 0.366 e. The highest BCUT2D eigenvalue weighted by Crippen LogP contribution is 2.18. The van der Waals surface area contributed by atoms with Crippen molar-refractivity contribution in [2.45, 2.75) is 46.1 Å². The first-order chi connectivity index (χ1) is 9.58. The van der Waals surface area contributed by atoms with E-state index in [1.807, 2.05) is 6.07 Å². The summed E-state index contributed by atoms with van der Waals surface area (Å²) in [4.78, 5) is 11.1. The summed E-state index contributed by atoms with van der Waals surface area (Å²) in [5, 5.41) is 4.04. The zero-order valence-corrected chi connectivity index (χ0v) is 13.2. The van der Waals surface area contributed by atoms with Crippen molar-refractivity contribution in [3.63, 3.8) is 0 Å². The molecule has 20 heavy (non-hydrogen) atoms. The van der Waals surface area contributed by atoms with E-state index >= 15 is 0 Å². The van der Waals surface area contributed by atoms with Crippen LogP contribution in [-0.2, 0) is 6.54 Å². The van der Waals surface area contributed by atoms with Gasteiger partial charge in [-0.1, -0.05) is 50.8 Å². The van der Waals surface area contributed by atoms with Gasteiger partial charge in [-0.25, -0.2) is 0 Å². The molecule has 0 radical (unpaired) electrons. The van der Waals surface area contributed by atoms with Gasteiger partial charge < -0.3 is 11.1 Å². The molecule has 0 aliphatic heterocycles. The van der Waals surface area contributed by atoms with E-state index in [9.17, 15) is 4.79 Å². The first-order valence-corrected chi connectivity index (χ1v) is 7.75. The Kier molecular flexibility index (Phi) is 7.63. The molecule has 0 aliphatic carbocycles. The molecule has 1 amide bonds. The zero-order chi connectivity index (χ0) is 15.0. The maximum atomic E-state index is 11.1. The van der Waals surface area contributed by atoms with E-state index in [0.717, 1.165) is 24.6 Å². The molecule has 0 fully saturated rings. The van der Waals surface area contributed by atoms with Crippen LogP contribution in [0.4, 0.5) is 0 Å². The van der Waals surface area contributed by atoms with E-state index in [1.165, 1.54) is 25.7 Å². The van der Waals surface area contributed by atoms with Gasteiger partial charge in [0.05, 0.1) is 0 Å². The molecule has 1 aromatic carbocycles. The molecule has 0 saturated heterocycles. The molecule has 0 heterocycles. The molecule has 112 valence electrons. The van der Waals surface area contributed by atoms with E-state index in [-0.39, 0.29) is 0 Å². The van der Waals surface area contributed by atoms with Gasteiger partial charge in [0.1, 0.15) is 0 Å². The van der Waals surface area contributed by atoms with Crippen LogP contribution in [0, 0.1) is 5.92 Å². The standard InChI is InChI=1S/C16H25ClN2O/c1-3-5-6-12(4-2)10-19-11-14-8-7-13(16(18)20)9-15(14)17/h7-9,12,19H,3-6,10-11H2,1-2H3,(H2,18,20). The average Bonchev–Trinajstić information content (AvgIpc) is 2.43. The maximum Gasteiger partial charge on any atom is 0.248 e. The van der Waals surface area contributed by atoms with Crippen LogP contribution in [0.25, 0.3) is 0 Å². The van der Waals surface area contributed by atoms with Gasteiger partial charge in [0.25, 0.3) is 0 Å². The molecule has 0 saturated carbocycles. The fourth-order valence-corrected chi connectivity index (χ4v) is 2.45. The van der Waals surface area contributed by atoms with E-state index < -0.39 is 5.91 Å². The number of rotatable bonds is 9. The minimum atomic E-state index is -0.447. The van der Waals surface area contributed by atoms with Crippen LogP contribution in [0.5, 0.6) is 0 Å². The van der Waals surface area contributed by atoms with Crippen molar-refractivity contribution in [1.82, 2.24) is 5.32 Å². The van der Waals surface area contributed by atoms with Crippen LogP contribution >= 0.6 is 11.6 Å². The van der Waals surface area contributed by atoms with E-state index in [0.29, 0.717) is 10.6 Å². The van der Waals surface area contributed by atoms with Crippen LogP contribution in [0.3, 0.4) is 0 Å². The second-order valence-electron chi connectivity index (χ2n) is 5.22. The molecular weight excluding hydrogens is 272 g/mol. The summed E-state index contributed by atoms with van der Waals surface area (Å²) in [6, 6.07) is 5.22. The van der Waals surface area contributed by atoms with Gasteiger partial charge >= 0.3 is 0 Å². The maximum absolute atomic E-state index is 11.1. The van der Waals surface area contributed by atoms with Gasteiger partial charge in [-0.2, -0.15) is 0 Å². The van der Waals surface area contributed by atoms with E-state index in [4.69, 9.17) is 17.3 Å². The number of primary amides is 1. The van der Waals surface area contributed by atoms with Crippen LogP contribution in [0.1, 0.15) is 55.5 Å². The highest BCUT2D eigenvalue weighted by atomic mass is 35.5. The summed E-state index contributed by atoms with van der Waals surface area (Å²) in [6.45, 7) is 6.18. The Bertz CT molecular complexity index is 434. The van der Waals surface area contributed by atoms with Crippen LogP contribution in [-0.4, -0.2) is 12.5 Å². The Morgan fingerprint density at radius 2 is 2.15 bits per heavy atom. The molecule has 0 aromatic heterocycles. The Balaban J connectivity index is 2.47. The van der Waals surface area contributed by atoms with Crippen LogP contribution < -0.4 is 11.1 Å². The predicted octanol–water partition coefficient (Wildman–Crippen LogP) is 3.74. The molecular formula is C16H25ClN2O. The Morgan fingerprint density at radius 1 is 1.40 bits per heavy atom. The fraction of sp³-hybridized carbons (Fsp3) is 0.562. The third-order valence-corrected chi connectivity index (χ3v) is 3.98.